The number of rotatable bonds is 0. The summed E-state index contributed by atoms with van der Waals surface area (Å²) in [6.45, 7) is 0. The van der Waals surface area contributed by atoms with Gasteiger partial charge in [0.15, 0.2) is 0 Å². The first-order valence-corrected chi connectivity index (χ1v) is 0. The molecule has 0 radical (unpaired) electrons. The first-order valence-electron chi connectivity index (χ1n) is 0. The van der Waals surface area contributed by atoms with E-state index in [4.69, 9.17) is 0 Å². The summed E-state index contributed by atoms with van der Waals surface area (Å²) >= 11 is 0. The molecule has 0 spiro atoms. The van der Waals surface area contributed by atoms with E-state index in [1.807, 2.05) is 0 Å². The molecule has 38 valence electrons. The van der Waals surface area contributed by atoms with Crippen molar-refractivity contribution in [3.63, 3.8) is 0 Å². The summed E-state index contributed by atoms with van der Waals surface area (Å²) in [5.74, 6) is 0. The van der Waals surface area contributed by atoms with Crippen LogP contribution in [0, 0.1) is 0 Å². The van der Waals surface area contributed by atoms with E-state index in [-0.39, 0.29) is 223 Å². The molecule has 0 amide bonds. The van der Waals surface area contributed by atoms with Crippen LogP contribution in [0.2, 0.25) is 0 Å². The SMILES string of the molecule is O.O.O.[NaH].[NaH].[NaH].[NaH].[NaH].[NaH].[NaH]. The van der Waals surface area contributed by atoms with Crippen molar-refractivity contribution in [1.29, 1.82) is 0 Å². The van der Waals surface area contributed by atoms with Crippen LogP contribution in [-0.4, -0.2) is 223 Å². The Morgan fingerprint density at radius 3 is 0.200 bits per heavy atom. The van der Waals surface area contributed by atoms with Crippen molar-refractivity contribution >= 4 is 207 Å². The summed E-state index contributed by atoms with van der Waals surface area (Å²) in [6.07, 6.45) is 0. The van der Waals surface area contributed by atoms with Crippen molar-refractivity contribution < 1.29 is 16.4 Å². The van der Waals surface area contributed by atoms with E-state index >= 15 is 0 Å². The molecule has 0 unspecified atom stereocenters. The van der Waals surface area contributed by atoms with Gasteiger partial charge in [-0.1, -0.05) is 0 Å². The van der Waals surface area contributed by atoms with Crippen molar-refractivity contribution in [3.8, 4) is 0 Å². The monoisotopic (exact) mass is 222 g/mol. The second kappa shape index (κ2) is 74.3. The average molecular weight is 222 g/mol. The van der Waals surface area contributed by atoms with E-state index in [1.165, 1.54) is 0 Å². The van der Waals surface area contributed by atoms with Gasteiger partial charge in [0.1, 0.15) is 0 Å². The van der Waals surface area contributed by atoms with Crippen LogP contribution in [0.1, 0.15) is 0 Å². The van der Waals surface area contributed by atoms with E-state index in [0.29, 0.717) is 0 Å². The molecule has 0 rings (SSSR count). The molecule has 0 saturated heterocycles. The van der Waals surface area contributed by atoms with Gasteiger partial charge in [-0.25, -0.2) is 0 Å². The van der Waals surface area contributed by atoms with Crippen LogP contribution in [0.25, 0.3) is 0 Å². The Morgan fingerprint density at radius 2 is 0.200 bits per heavy atom. The predicted octanol–water partition coefficient (Wildman–Crippen LogP) is -7.01. The summed E-state index contributed by atoms with van der Waals surface area (Å²) in [5.41, 5.74) is 0. The van der Waals surface area contributed by atoms with E-state index in [0.717, 1.165) is 0 Å². The van der Waals surface area contributed by atoms with E-state index in [1.54, 1.807) is 0 Å². The van der Waals surface area contributed by atoms with Gasteiger partial charge in [0.2, 0.25) is 0 Å². The van der Waals surface area contributed by atoms with E-state index in [2.05, 4.69) is 0 Å². The molecular formula is H13Na7O3. The van der Waals surface area contributed by atoms with Gasteiger partial charge in [-0.15, -0.1) is 0 Å². The molecular weight excluding hydrogens is 209 g/mol. The van der Waals surface area contributed by atoms with Crippen molar-refractivity contribution in [2.45, 2.75) is 0 Å². The van der Waals surface area contributed by atoms with E-state index in [9.17, 15) is 0 Å². The van der Waals surface area contributed by atoms with Gasteiger partial charge < -0.3 is 16.4 Å². The summed E-state index contributed by atoms with van der Waals surface area (Å²) in [5, 5.41) is 0. The van der Waals surface area contributed by atoms with Crippen molar-refractivity contribution in [3.05, 3.63) is 0 Å². The van der Waals surface area contributed by atoms with E-state index < -0.39 is 0 Å². The normalized spacial score (nSPS) is 0. The molecule has 0 aromatic rings. The summed E-state index contributed by atoms with van der Waals surface area (Å²) in [4.78, 5) is 0. The zero-order valence-corrected chi connectivity index (χ0v) is 1.50. The van der Waals surface area contributed by atoms with Gasteiger partial charge in [0, 0.05) is 0 Å². The topological polar surface area (TPSA) is 94.5 Å². The van der Waals surface area contributed by atoms with Crippen molar-refractivity contribution in [2.75, 3.05) is 0 Å². The van der Waals surface area contributed by atoms with Crippen LogP contribution in [-0.2, 0) is 0 Å². The van der Waals surface area contributed by atoms with Crippen molar-refractivity contribution in [1.82, 2.24) is 0 Å². The zero-order chi connectivity index (χ0) is 0. The van der Waals surface area contributed by atoms with Crippen LogP contribution >= 0.6 is 0 Å². The van der Waals surface area contributed by atoms with Crippen LogP contribution < -0.4 is 0 Å². The fourth-order valence-corrected chi connectivity index (χ4v) is 0. The van der Waals surface area contributed by atoms with Gasteiger partial charge in [-0.05, 0) is 0 Å². The first-order chi connectivity index (χ1) is 0. The van der Waals surface area contributed by atoms with Gasteiger partial charge >= 0.3 is 207 Å². The summed E-state index contributed by atoms with van der Waals surface area (Å²) in [6, 6.07) is 0. The Balaban J connectivity index is 0. The predicted molar refractivity (Wildman–Crippen MR) is 60.9 cm³/mol. The van der Waals surface area contributed by atoms with Crippen molar-refractivity contribution in [2.24, 2.45) is 0 Å². The number of hydrogen-bond acceptors (Lipinski definition) is 0. The Kier molecular flexibility index (Phi) is 668. The zero-order valence-electron chi connectivity index (χ0n) is 1.50. The molecule has 0 aromatic heterocycles. The molecule has 0 aliphatic heterocycles. The fourth-order valence-electron chi connectivity index (χ4n) is 0. The third-order valence-corrected chi connectivity index (χ3v) is 0. The first kappa shape index (κ1) is 89.9. The fraction of sp³-hybridized carbons (Fsp3) is 0. The van der Waals surface area contributed by atoms with Crippen LogP contribution in [0.5, 0.6) is 0 Å². The molecule has 6 N–H and O–H groups in total. The summed E-state index contributed by atoms with van der Waals surface area (Å²) in [7, 11) is 0. The Morgan fingerprint density at radius 1 is 0.200 bits per heavy atom. The molecule has 0 aromatic carbocycles. The Hall–Kier alpha value is 6.88. The average Bonchev–Trinajstić information content (AvgIpc) is 0. The standard InChI is InChI=1S/7Na.3H2O.7H/h;;;;;;;3*1H2;;;;;;;. The third-order valence-electron chi connectivity index (χ3n) is 0. The molecule has 0 atom stereocenters. The second-order valence-electron chi connectivity index (χ2n) is 0. The van der Waals surface area contributed by atoms with Crippen LogP contribution in [0.3, 0.4) is 0 Å². The summed E-state index contributed by atoms with van der Waals surface area (Å²) < 4.78 is 0. The van der Waals surface area contributed by atoms with Gasteiger partial charge in [-0.3, -0.25) is 0 Å². The molecule has 10 heteroatoms. The molecule has 0 aliphatic carbocycles. The van der Waals surface area contributed by atoms with Gasteiger partial charge in [0.25, 0.3) is 0 Å². The van der Waals surface area contributed by atoms with Gasteiger partial charge in [0.05, 0.1) is 0 Å². The molecule has 0 heterocycles. The minimum atomic E-state index is 0. The number of hydrogen-bond donors (Lipinski definition) is 0. The molecule has 10 heavy (non-hydrogen) atoms. The van der Waals surface area contributed by atoms with Gasteiger partial charge in [-0.2, -0.15) is 0 Å². The molecule has 3 nitrogen and oxygen atoms in total. The molecule has 0 fully saturated rings. The van der Waals surface area contributed by atoms with Crippen LogP contribution in [0.4, 0.5) is 0 Å². The van der Waals surface area contributed by atoms with Crippen LogP contribution in [0.15, 0.2) is 0 Å². The molecule has 0 saturated carbocycles. The second-order valence-corrected chi connectivity index (χ2v) is 0. The quantitative estimate of drug-likeness (QED) is 0.364. The Bertz CT molecular complexity index is 8.81. The molecule has 0 bridgehead atoms. The Labute approximate surface area is 217 Å². The molecule has 0 aliphatic rings. The minimum absolute atomic E-state index is 0. The third kappa shape index (κ3) is 60.6. The maximum absolute atomic E-state index is 0. The maximum atomic E-state index is 0.